The van der Waals surface area contributed by atoms with Gasteiger partial charge in [-0.3, -0.25) is 4.79 Å². The third kappa shape index (κ3) is 5.53. The van der Waals surface area contributed by atoms with E-state index in [4.69, 9.17) is 9.84 Å². The van der Waals surface area contributed by atoms with Crippen LogP contribution in [-0.2, 0) is 9.53 Å². The van der Waals surface area contributed by atoms with Crippen molar-refractivity contribution in [1.82, 2.24) is 10.2 Å². The van der Waals surface area contributed by atoms with E-state index >= 15 is 0 Å². The van der Waals surface area contributed by atoms with Crippen molar-refractivity contribution in [2.45, 2.75) is 63.6 Å². The Morgan fingerprint density at radius 3 is 2.29 bits per heavy atom. The van der Waals surface area contributed by atoms with Crippen LogP contribution in [0.4, 0.5) is 4.79 Å². The second-order valence-electron chi connectivity index (χ2n) is 5.96. The molecule has 1 aliphatic heterocycles. The lowest BCUT2D eigenvalue weighted by molar-refractivity contribution is -0.136. The summed E-state index contributed by atoms with van der Waals surface area (Å²) in [6, 6.07) is -0.160. The van der Waals surface area contributed by atoms with Gasteiger partial charge in [-0.05, 0) is 25.7 Å². The second-order valence-corrected chi connectivity index (χ2v) is 5.96. The largest absolute Gasteiger partial charge is 0.481 e. The maximum Gasteiger partial charge on any atom is 0.317 e. The Labute approximate surface area is 125 Å². The molecule has 0 radical (unpaired) electrons. The van der Waals surface area contributed by atoms with Gasteiger partial charge in [-0.25, -0.2) is 4.79 Å². The molecule has 2 amide bonds. The number of urea groups is 1. The van der Waals surface area contributed by atoms with Gasteiger partial charge in [0.1, 0.15) is 0 Å². The molecule has 1 saturated heterocycles. The number of carboxylic acid groups (broad SMARTS) is 1. The van der Waals surface area contributed by atoms with Crippen LogP contribution in [0.5, 0.6) is 0 Å². The van der Waals surface area contributed by atoms with Crippen LogP contribution in [0.25, 0.3) is 0 Å². The van der Waals surface area contributed by atoms with Crippen LogP contribution < -0.4 is 5.32 Å². The summed E-state index contributed by atoms with van der Waals surface area (Å²) in [5, 5.41) is 11.2. The topological polar surface area (TPSA) is 78.9 Å². The van der Waals surface area contributed by atoms with Crippen LogP contribution in [-0.4, -0.2) is 53.8 Å². The van der Waals surface area contributed by atoms with E-state index in [-0.39, 0.29) is 25.1 Å². The third-order valence-electron chi connectivity index (χ3n) is 4.28. The maximum atomic E-state index is 11.9. The fourth-order valence-corrected chi connectivity index (χ4v) is 3.06. The predicted molar refractivity (Wildman–Crippen MR) is 78.2 cm³/mol. The highest BCUT2D eigenvalue weighted by molar-refractivity contribution is 5.75. The van der Waals surface area contributed by atoms with Crippen molar-refractivity contribution in [2.24, 2.45) is 0 Å². The molecule has 6 heteroatoms. The summed E-state index contributed by atoms with van der Waals surface area (Å²) in [6.45, 7) is 1.57. The molecule has 1 aliphatic carbocycles. The summed E-state index contributed by atoms with van der Waals surface area (Å²) in [5.41, 5.74) is 0. The number of rotatable bonds is 5. The molecule has 0 spiro atoms. The number of carbonyl (C=O) groups is 2. The maximum absolute atomic E-state index is 11.9. The highest BCUT2D eigenvalue weighted by Crippen LogP contribution is 2.24. The van der Waals surface area contributed by atoms with Crippen molar-refractivity contribution in [1.29, 1.82) is 0 Å². The number of likely N-dealkylation sites (tertiary alicyclic amines) is 1. The Hall–Kier alpha value is -1.30. The first-order valence-electron chi connectivity index (χ1n) is 8.05. The Morgan fingerprint density at radius 2 is 1.67 bits per heavy atom. The molecule has 0 aromatic carbocycles. The number of nitrogens with zero attached hydrogens (tertiary/aromatic N) is 1. The van der Waals surface area contributed by atoms with Crippen molar-refractivity contribution in [3.05, 3.63) is 0 Å². The summed E-state index contributed by atoms with van der Waals surface area (Å²) >= 11 is 0. The van der Waals surface area contributed by atoms with Crippen molar-refractivity contribution in [3.63, 3.8) is 0 Å². The van der Waals surface area contributed by atoms with E-state index in [2.05, 4.69) is 5.32 Å². The molecule has 2 fully saturated rings. The van der Waals surface area contributed by atoms with Crippen LogP contribution in [0.1, 0.15) is 51.4 Å². The van der Waals surface area contributed by atoms with Crippen LogP contribution in [0, 0.1) is 0 Å². The quantitative estimate of drug-likeness (QED) is 0.813. The van der Waals surface area contributed by atoms with Crippen molar-refractivity contribution in [3.8, 4) is 0 Å². The molecule has 1 heterocycles. The van der Waals surface area contributed by atoms with Gasteiger partial charge >= 0.3 is 12.0 Å². The lowest BCUT2D eigenvalue weighted by atomic mass is 9.97. The lowest BCUT2D eigenvalue weighted by Gasteiger charge is -2.34. The number of ether oxygens (including phenoxy) is 1. The van der Waals surface area contributed by atoms with Gasteiger partial charge in [0.05, 0.1) is 18.6 Å². The average Bonchev–Trinajstić information content (AvgIpc) is 2.48. The fraction of sp³-hybridized carbons (Fsp3) is 0.867. The smallest absolute Gasteiger partial charge is 0.317 e. The lowest BCUT2D eigenvalue weighted by Crippen LogP contribution is -2.46. The first-order chi connectivity index (χ1) is 10.1. The van der Waals surface area contributed by atoms with Crippen LogP contribution >= 0.6 is 0 Å². The SMILES string of the molecule is O=C(O)CCNC(=O)N1CCC(OC2CCCCC2)CC1. The molecule has 2 rings (SSSR count). The Balaban J connectivity index is 1.62. The van der Waals surface area contributed by atoms with Crippen molar-refractivity contribution < 1.29 is 19.4 Å². The molecule has 2 aliphatic rings. The van der Waals surface area contributed by atoms with Gasteiger partial charge in [0.15, 0.2) is 0 Å². The first kappa shape index (κ1) is 16.1. The minimum absolute atomic E-state index is 0.0347. The predicted octanol–water partition coefficient (Wildman–Crippen LogP) is 1.98. The molecule has 6 nitrogen and oxygen atoms in total. The molecule has 0 atom stereocenters. The average molecular weight is 298 g/mol. The first-order valence-corrected chi connectivity index (χ1v) is 8.05. The van der Waals surface area contributed by atoms with E-state index in [1.165, 1.54) is 32.1 Å². The number of hydrogen-bond acceptors (Lipinski definition) is 3. The summed E-state index contributed by atoms with van der Waals surface area (Å²) in [7, 11) is 0. The monoisotopic (exact) mass is 298 g/mol. The van der Waals surface area contributed by atoms with E-state index in [9.17, 15) is 9.59 Å². The summed E-state index contributed by atoms with van der Waals surface area (Å²) in [5.74, 6) is -0.894. The number of hydrogen-bond donors (Lipinski definition) is 2. The molecule has 2 N–H and O–H groups in total. The number of nitrogens with one attached hydrogen (secondary N) is 1. The zero-order valence-electron chi connectivity index (χ0n) is 12.6. The number of piperidine rings is 1. The highest BCUT2D eigenvalue weighted by atomic mass is 16.5. The van der Waals surface area contributed by atoms with Gasteiger partial charge < -0.3 is 20.1 Å². The highest BCUT2D eigenvalue weighted by Gasteiger charge is 2.26. The van der Waals surface area contributed by atoms with E-state index in [0.717, 1.165) is 12.8 Å². The van der Waals surface area contributed by atoms with Gasteiger partial charge in [0.2, 0.25) is 0 Å². The Morgan fingerprint density at radius 1 is 1.05 bits per heavy atom. The van der Waals surface area contributed by atoms with E-state index in [1.807, 2.05) is 0 Å². The van der Waals surface area contributed by atoms with Crippen LogP contribution in [0.2, 0.25) is 0 Å². The summed E-state index contributed by atoms with van der Waals surface area (Å²) in [6.07, 6.45) is 8.64. The van der Waals surface area contributed by atoms with Gasteiger partial charge in [0.25, 0.3) is 0 Å². The fourth-order valence-electron chi connectivity index (χ4n) is 3.06. The molecule has 21 heavy (non-hydrogen) atoms. The number of carboxylic acids is 1. The molecular weight excluding hydrogens is 272 g/mol. The zero-order chi connectivity index (χ0) is 15.1. The number of aliphatic carboxylic acids is 1. The van der Waals surface area contributed by atoms with E-state index < -0.39 is 5.97 Å². The van der Waals surface area contributed by atoms with Gasteiger partial charge in [0, 0.05) is 19.6 Å². The zero-order valence-corrected chi connectivity index (χ0v) is 12.6. The molecule has 0 bridgehead atoms. The molecule has 0 unspecified atom stereocenters. The molecule has 1 saturated carbocycles. The van der Waals surface area contributed by atoms with Crippen LogP contribution in [0.15, 0.2) is 0 Å². The summed E-state index contributed by atoms with van der Waals surface area (Å²) < 4.78 is 6.14. The van der Waals surface area contributed by atoms with Crippen molar-refractivity contribution in [2.75, 3.05) is 19.6 Å². The van der Waals surface area contributed by atoms with E-state index in [1.54, 1.807) is 4.90 Å². The Bertz CT molecular complexity index is 348. The van der Waals surface area contributed by atoms with E-state index in [0.29, 0.717) is 19.2 Å². The molecule has 120 valence electrons. The molecular formula is C15H26N2O4. The van der Waals surface area contributed by atoms with Gasteiger partial charge in [-0.15, -0.1) is 0 Å². The summed E-state index contributed by atoms with van der Waals surface area (Å²) in [4.78, 5) is 24.0. The molecule has 0 aromatic rings. The minimum atomic E-state index is -0.894. The minimum Gasteiger partial charge on any atom is -0.481 e. The molecule has 0 aromatic heterocycles. The van der Waals surface area contributed by atoms with Crippen LogP contribution in [0.3, 0.4) is 0 Å². The standard InChI is InChI=1S/C15H26N2O4/c18-14(19)6-9-16-15(20)17-10-7-13(8-11-17)21-12-4-2-1-3-5-12/h12-13H,1-11H2,(H,16,20)(H,18,19). The van der Waals surface area contributed by atoms with Gasteiger partial charge in [-0.2, -0.15) is 0 Å². The normalized spacial score (nSPS) is 21.2. The Kier molecular flexibility index (Phi) is 6.29. The number of amides is 2. The number of carbonyl (C=O) groups excluding carboxylic acids is 1. The second kappa shape index (κ2) is 8.22. The van der Waals surface area contributed by atoms with Crippen molar-refractivity contribution >= 4 is 12.0 Å². The third-order valence-corrected chi connectivity index (χ3v) is 4.28. The van der Waals surface area contributed by atoms with Gasteiger partial charge in [-0.1, -0.05) is 19.3 Å².